The smallest absolute Gasteiger partial charge is 0.116 e. The first kappa shape index (κ1) is 16.9. The molecule has 0 bridgehead atoms. The summed E-state index contributed by atoms with van der Waals surface area (Å²) < 4.78 is 0. The second-order valence-electron chi connectivity index (χ2n) is 8.11. The molecule has 0 radical (unpaired) electrons. The number of hydrogen-bond donors (Lipinski definition) is 0. The Hall–Kier alpha value is -3.26. The molecule has 0 amide bonds. The molecule has 4 aromatic rings. The molecule has 1 aromatic heterocycles. The van der Waals surface area contributed by atoms with Gasteiger partial charge in [0.15, 0.2) is 0 Å². The highest BCUT2D eigenvalue weighted by Crippen LogP contribution is 2.51. The molecule has 2 nitrogen and oxygen atoms in total. The fourth-order valence-electron chi connectivity index (χ4n) is 4.47. The van der Waals surface area contributed by atoms with Gasteiger partial charge in [0.1, 0.15) is 6.33 Å². The van der Waals surface area contributed by atoms with E-state index >= 15 is 0 Å². The molecule has 2 heteroatoms. The van der Waals surface area contributed by atoms with Crippen molar-refractivity contribution in [2.75, 3.05) is 0 Å². The van der Waals surface area contributed by atoms with Gasteiger partial charge in [-0.25, -0.2) is 9.97 Å². The number of aromatic nitrogens is 2. The van der Waals surface area contributed by atoms with Gasteiger partial charge < -0.3 is 0 Å². The van der Waals surface area contributed by atoms with E-state index in [4.69, 9.17) is 9.97 Å². The summed E-state index contributed by atoms with van der Waals surface area (Å²) in [7, 11) is 0. The van der Waals surface area contributed by atoms with Crippen LogP contribution in [-0.4, -0.2) is 9.97 Å². The van der Waals surface area contributed by atoms with Crippen LogP contribution in [0.2, 0.25) is 0 Å². The molecule has 0 saturated carbocycles. The zero-order chi connectivity index (χ0) is 19.5. The minimum absolute atomic E-state index is 0.168. The molecule has 136 valence electrons. The Morgan fingerprint density at radius 1 is 0.893 bits per heavy atom. The molecule has 0 fully saturated rings. The first-order chi connectivity index (χ1) is 13.5. The predicted molar refractivity (Wildman–Crippen MR) is 116 cm³/mol. The van der Waals surface area contributed by atoms with Crippen LogP contribution in [0.3, 0.4) is 0 Å². The average Bonchev–Trinajstić information content (AvgIpc) is 2.93. The van der Waals surface area contributed by atoms with Gasteiger partial charge in [-0.15, -0.1) is 0 Å². The van der Waals surface area contributed by atoms with Gasteiger partial charge in [0.25, 0.3) is 0 Å². The van der Waals surface area contributed by atoms with Crippen molar-refractivity contribution in [2.45, 2.75) is 26.2 Å². The van der Waals surface area contributed by atoms with Crippen molar-refractivity contribution in [2.24, 2.45) is 0 Å². The highest BCUT2D eigenvalue weighted by molar-refractivity contribution is 5.97. The quantitative estimate of drug-likeness (QED) is 0.418. The van der Waals surface area contributed by atoms with Gasteiger partial charge in [-0.05, 0) is 52.1 Å². The zero-order valence-electron chi connectivity index (χ0n) is 16.5. The molecule has 1 aliphatic rings. The van der Waals surface area contributed by atoms with E-state index in [0.29, 0.717) is 0 Å². The van der Waals surface area contributed by atoms with Crippen LogP contribution in [0.25, 0.3) is 27.5 Å². The van der Waals surface area contributed by atoms with Gasteiger partial charge in [-0.3, -0.25) is 0 Å². The number of hydrogen-bond acceptors (Lipinski definition) is 2. The van der Waals surface area contributed by atoms with Crippen LogP contribution in [0.5, 0.6) is 0 Å². The third-order valence-corrected chi connectivity index (χ3v) is 6.02. The second kappa shape index (κ2) is 5.87. The highest BCUT2D eigenvalue weighted by atomic mass is 14.9. The van der Waals surface area contributed by atoms with E-state index in [2.05, 4.69) is 88.0 Å². The van der Waals surface area contributed by atoms with Crippen LogP contribution in [0.1, 0.15) is 41.9 Å². The Bertz CT molecular complexity index is 1260. The number of benzene rings is 3. The fraction of sp³-hybridized carbons (Fsp3) is 0.154. The molecule has 0 atom stereocenters. The molecule has 1 aliphatic carbocycles. The van der Waals surface area contributed by atoms with Crippen molar-refractivity contribution in [1.82, 2.24) is 9.97 Å². The number of rotatable bonds is 2. The van der Waals surface area contributed by atoms with Crippen molar-refractivity contribution >= 4 is 16.3 Å². The summed E-state index contributed by atoms with van der Waals surface area (Å²) in [5.74, 6) is 0. The molecule has 0 aliphatic heterocycles. The van der Waals surface area contributed by atoms with E-state index in [1.54, 1.807) is 6.33 Å². The SMILES string of the molecule is C=C(c1ccccc1C)c1ncnc2c1-c1cc3ccccc3cc1C2(C)C. The van der Waals surface area contributed by atoms with Gasteiger partial charge in [0, 0.05) is 16.6 Å². The van der Waals surface area contributed by atoms with Crippen LogP contribution in [0.15, 0.2) is 73.6 Å². The normalized spacial score (nSPS) is 14.0. The molecule has 0 unspecified atom stereocenters. The van der Waals surface area contributed by atoms with E-state index in [1.807, 2.05) is 0 Å². The van der Waals surface area contributed by atoms with E-state index < -0.39 is 0 Å². The molecule has 5 rings (SSSR count). The van der Waals surface area contributed by atoms with Gasteiger partial charge in [0.2, 0.25) is 0 Å². The first-order valence-corrected chi connectivity index (χ1v) is 9.63. The van der Waals surface area contributed by atoms with Crippen molar-refractivity contribution in [3.8, 4) is 11.1 Å². The third kappa shape index (κ3) is 2.27. The summed E-state index contributed by atoms with van der Waals surface area (Å²) >= 11 is 0. The van der Waals surface area contributed by atoms with Gasteiger partial charge in [-0.1, -0.05) is 69.0 Å². The minimum atomic E-state index is -0.168. The van der Waals surface area contributed by atoms with Crippen LogP contribution in [-0.2, 0) is 5.41 Å². The standard InChI is InChI=1S/C26H22N2/c1-16-9-5-8-12-20(16)17(2)24-23-21-13-18-10-6-7-11-19(18)14-22(21)26(3,4)25(23)28-15-27-24/h5-15H,2H2,1,3-4H3. The van der Waals surface area contributed by atoms with Crippen molar-refractivity contribution in [3.05, 3.63) is 102 Å². The highest BCUT2D eigenvalue weighted by Gasteiger charge is 2.39. The van der Waals surface area contributed by atoms with Gasteiger partial charge in [-0.2, -0.15) is 0 Å². The summed E-state index contributed by atoms with van der Waals surface area (Å²) in [6, 6.07) is 21.5. The maximum Gasteiger partial charge on any atom is 0.116 e. The molecule has 0 spiro atoms. The summed E-state index contributed by atoms with van der Waals surface area (Å²) in [6.07, 6.45) is 1.69. The van der Waals surface area contributed by atoms with Crippen LogP contribution in [0, 0.1) is 6.92 Å². The molecule has 0 N–H and O–H groups in total. The molecule has 1 heterocycles. The topological polar surface area (TPSA) is 25.8 Å². The molecule has 0 saturated heterocycles. The Labute approximate surface area is 165 Å². The fourth-order valence-corrected chi connectivity index (χ4v) is 4.47. The van der Waals surface area contributed by atoms with E-state index in [0.717, 1.165) is 28.1 Å². The average molecular weight is 362 g/mol. The molecular formula is C26H22N2. The minimum Gasteiger partial charge on any atom is -0.240 e. The lowest BCUT2D eigenvalue weighted by molar-refractivity contribution is 0.635. The summed E-state index contributed by atoms with van der Waals surface area (Å²) in [6.45, 7) is 11.0. The zero-order valence-corrected chi connectivity index (χ0v) is 16.5. The van der Waals surface area contributed by atoms with Crippen LogP contribution in [0.4, 0.5) is 0 Å². The number of aryl methyl sites for hydroxylation is 1. The lowest BCUT2D eigenvalue weighted by atomic mass is 9.84. The van der Waals surface area contributed by atoms with Crippen molar-refractivity contribution < 1.29 is 0 Å². The Kier molecular flexibility index (Phi) is 3.54. The van der Waals surface area contributed by atoms with Crippen molar-refractivity contribution in [1.29, 1.82) is 0 Å². The van der Waals surface area contributed by atoms with Crippen LogP contribution < -0.4 is 0 Å². The summed E-state index contributed by atoms with van der Waals surface area (Å²) in [5, 5.41) is 2.50. The lowest BCUT2D eigenvalue weighted by Crippen LogP contribution is -2.17. The Balaban J connectivity index is 1.81. The largest absolute Gasteiger partial charge is 0.240 e. The number of fused-ring (bicyclic) bond motifs is 4. The molecule has 28 heavy (non-hydrogen) atoms. The van der Waals surface area contributed by atoms with Gasteiger partial charge in [0.05, 0.1) is 11.4 Å². The third-order valence-electron chi connectivity index (χ3n) is 6.02. The van der Waals surface area contributed by atoms with E-state index in [9.17, 15) is 0 Å². The summed E-state index contributed by atoms with van der Waals surface area (Å²) in [4.78, 5) is 9.43. The Morgan fingerprint density at radius 3 is 2.32 bits per heavy atom. The maximum atomic E-state index is 4.72. The van der Waals surface area contributed by atoms with E-state index in [-0.39, 0.29) is 5.41 Å². The Morgan fingerprint density at radius 2 is 1.57 bits per heavy atom. The summed E-state index contributed by atoms with van der Waals surface area (Å²) in [5.41, 5.74) is 8.79. The monoisotopic (exact) mass is 362 g/mol. The molecule has 3 aromatic carbocycles. The lowest BCUT2D eigenvalue weighted by Gasteiger charge is -2.20. The van der Waals surface area contributed by atoms with Gasteiger partial charge >= 0.3 is 0 Å². The van der Waals surface area contributed by atoms with Crippen LogP contribution >= 0.6 is 0 Å². The molecular weight excluding hydrogens is 340 g/mol. The van der Waals surface area contributed by atoms with E-state index in [1.165, 1.54) is 27.5 Å². The number of nitrogens with zero attached hydrogens (tertiary/aromatic N) is 2. The second-order valence-corrected chi connectivity index (χ2v) is 8.11. The van der Waals surface area contributed by atoms with Crippen molar-refractivity contribution in [3.63, 3.8) is 0 Å². The maximum absolute atomic E-state index is 4.72. The predicted octanol–water partition coefficient (Wildman–Crippen LogP) is 6.31. The first-order valence-electron chi connectivity index (χ1n) is 9.63.